The van der Waals surface area contributed by atoms with Gasteiger partial charge >= 0.3 is 0 Å². The van der Waals surface area contributed by atoms with Gasteiger partial charge in [-0.1, -0.05) is 13.0 Å². The molecule has 1 rings (SSSR count). The van der Waals surface area contributed by atoms with Crippen molar-refractivity contribution in [1.29, 1.82) is 0 Å². The van der Waals surface area contributed by atoms with Crippen LogP contribution in [-0.2, 0) is 9.47 Å². The predicted molar refractivity (Wildman–Crippen MR) is 50.3 cm³/mol. The van der Waals surface area contributed by atoms with Crippen LogP contribution in [0.25, 0.3) is 0 Å². The Labute approximate surface area is 79.3 Å². The summed E-state index contributed by atoms with van der Waals surface area (Å²) in [6.07, 6.45) is 1.37. The molecule has 0 aromatic heterocycles. The molecule has 0 aromatic rings. The third-order valence-electron chi connectivity index (χ3n) is 2.19. The van der Waals surface area contributed by atoms with E-state index in [-0.39, 0.29) is 12.2 Å². The van der Waals surface area contributed by atoms with Crippen LogP contribution in [0.3, 0.4) is 0 Å². The van der Waals surface area contributed by atoms with Gasteiger partial charge in [-0.15, -0.1) is 6.58 Å². The first-order chi connectivity index (χ1) is 6.00. The van der Waals surface area contributed by atoms with Crippen molar-refractivity contribution in [1.82, 2.24) is 0 Å². The maximum atomic E-state index is 9.64. The van der Waals surface area contributed by atoms with Gasteiger partial charge in [-0.25, -0.2) is 0 Å². The molecule has 1 aliphatic heterocycles. The molecule has 0 spiro atoms. The highest BCUT2D eigenvalue weighted by molar-refractivity contribution is 4.95. The fourth-order valence-corrected chi connectivity index (χ4v) is 1.53. The highest BCUT2D eigenvalue weighted by Gasteiger charge is 2.42. The van der Waals surface area contributed by atoms with Crippen molar-refractivity contribution in [3.63, 3.8) is 0 Å². The van der Waals surface area contributed by atoms with E-state index in [9.17, 15) is 5.11 Å². The maximum absolute atomic E-state index is 9.64. The molecule has 0 saturated carbocycles. The Bertz CT molecular complexity index is 189. The Kier molecular flexibility index (Phi) is 3.11. The summed E-state index contributed by atoms with van der Waals surface area (Å²) < 4.78 is 11.1. The smallest absolute Gasteiger partial charge is 0.164 e. The average molecular weight is 186 g/mol. The molecule has 0 amide bonds. The van der Waals surface area contributed by atoms with Gasteiger partial charge in [0.25, 0.3) is 0 Å². The molecular weight excluding hydrogens is 168 g/mol. The molecule has 0 bridgehead atoms. The Morgan fingerprint density at radius 2 is 2.15 bits per heavy atom. The van der Waals surface area contributed by atoms with E-state index in [0.29, 0.717) is 6.42 Å². The van der Waals surface area contributed by atoms with E-state index in [1.165, 1.54) is 0 Å². The first-order valence-corrected chi connectivity index (χ1v) is 4.66. The summed E-state index contributed by atoms with van der Waals surface area (Å²) in [6.45, 7) is 9.25. The van der Waals surface area contributed by atoms with Crippen molar-refractivity contribution in [2.75, 3.05) is 0 Å². The molecule has 3 nitrogen and oxygen atoms in total. The van der Waals surface area contributed by atoms with Gasteiger partial charge in [-0.2, -0.15) is 0 Å². The van der Waals surface area contributed by atoms with Crippen LogP contribution >= 0.6 is 0 Å². The monoisotopic (exact) mass is 186 g/mol. The molecule has 0 aromatic carbocycles. The highest BCUT2D eigenvalue weighted by atomic mass is 16.8. The standard InChI is InChI=1S/C10H18O3/c1-5-7(11)9-8(6-2)12-10(3,4)13-9/h6-9,11H,2,5H2,1,3-4H3/t7-,8+,9-/m0/s1. The van der Waals surface area contributed by atoms with Crippen LogP contribution in [0.4, 0.5) is 0 Å². The molecule has 76 valence electrons. The van der Waals surface area contributed by atoms with Crippen LogP contribution in [-0.4, -0.2) is 29.2 Å². The number of aliphatic hydroxyl groups is 1. The molecular formula is C10H18O3. The molecule has 3 atom stereocenters. The number of hydrogen-bond acceptors (Lipinski definition) is 3. The predicted octanol–water partition coefficient (Wildman–Crippen LogP) is 1.46. The van der Waals surface area contributed by atoms with E-state index in [2.05, 4.69) is 6.58 Å². The second-order valence-electron chi connectivity index (χ2n) is 3.78. The van der Waals surface area contributed by atoms with Crippen molar-refractivity contribution in [3.8, 4) is 0 Å². The molecule has 1 fully saturated rings. The first kappa shape index (κ1) is 10.7. The molecule has 0 aliphatic carbocycles. The second kappa shape index (κ2) is 3.78. The van der Waals surface area contributed by atoms with Gasteiger partial charge in [0, 0.05) is 0 Å². The summed E-state index contributed by atoms with van der Waals surface area (Å²) >= 11 is 0. The topological polar surface area (TPSA) is 38.7 Å². The number of aliphatic hydroxyl groups excluding tert-OH is 1. The Hall–Kier alpha value is -0.380. The Morgan fingerprint density at radius 1 is 1.54 bits per heavy atom. The van der Waals surface area contributed by atoms with Crippen molar-refractivity contribution in [2.45, 2.75) is 51.3 Å². The Morgan fingerprint density at radius 3 is 2.62 bits per heavy atom. The quantitative estimate of drug-likeness (QED) is 0.678. The molecule has 0 radical (unpaired) electrons. The van der Waals surface area contributed by atoms with Crippen molar-refractivity contribution in [3.05, 3.63) is 12.7 Å². The van der Waals surface area contributed by atoms with E-state index in [4.69, 9.17) is 9.47 Å². The minimum Gasteiger partial charge on any atom is -0.390 e. The van der Waals surface area contributed by atoms with Gasteiger partial charge in [0.2, 0.25) is 0 Å². The van der Waals surface area contributed by atoms with E-state index < -0.39 is 11.9 Å². The van der Waals surface area contributed by atoms with Gasteiger partial charge in [0.1, 0.15) is 12.2 Å². The normalized spacial score (nSPS) is 34.5. The lowest BCUT2D eigenvalue weighted by Crippen LogP contribution is -2.33. The van der Waals surface area contributed by atoms with Crippen molar-refractivity contribution >= 4 is 0 Å². The first-order valence-electron chi connectivity index (χ1n) is 4.66. The lowest BCUT2D eigenvalue weighted by molar-refractivity contribution is -0.153. The summed E-state index contributed by atoms with van der Waals surface area (Å²) in [6, 6.07) is 0. The number of ether oxygens (including phenoxy) is 2. The van der Waals surface area contributed by atoms with Crippen LogP contribution in [0.2, 0.25) is 0 Å². The van der Waals surface area contributed by atoms with E-state index >= 15 is 0 Å². The number of rotatable bonds is 3. The zero-order chi connectivity index (χ0) is 10.1. The maximum Gasteiger partial charge on any atom is 0.164 e. The SMILES string of the molecule is C=C[C@H]1OC(C)(C)O[C@H]1[C@@H](O)CC. The highest BCUT2D eigenvalue weighted by Crippen LogP contribution is 2.31. The Balaban J connectivity index is 2.68. The lowest BCUT2D eigenvalue weighted by Gasteiger charge is -2.19. The van der Waals surface area contributed by atoms with Crippen LogP contribution in [0.1, 0.15) is 27.2 Å². The summed E-state index contributed by atoms with van der Waals surface area (Å²) in [5, 5.41) is 9.64. The number of hydrogen-bond donors (Lipinski definition) is 1. The summed E-state index contributed by atoms with van der Waals surface area (Å²) in [4.78, 5) is 0. The molecule has 1 heterocycles. The fraction of sp³-hybridized carbons (Fsp3) is 0.800. The van der Waals surface area contributed by atoms with Gasteiger partial charge < -0.3 is 14.6 Å². The third kappa shape index (κ3) is 2.30. The van der Waals surface area contributed by atoms with Crippen LogP contribution in [0.15, 0.2) is 12.7 Å². The van der Waals surface area contributed by atoms with E-state index in [1.54, 1.807) is 6.08 Å². The average Bonchev–Trinajstić information content (AvgIpc) is 2.39. The largest absolute Gasteiger partial charge is 0.390 e. The van der Waals surface area contributed by atoms with Gasteiger partial charge in [0.05, 0.1) is 6.10 Å². The molecule has 13 heavy (non-hydrogen) atoms. The third-order valence-corrected chi connectivity index (χ3v) is 2.19. The van der Waals surface area contributed by atoms with Crippen LogP contribution in [0.5, 0.6) is 0 Å². The molecule has 1 saturated heterocycles. The van der Waals surface area contributed by atoms with Crippen LogP contribution in [0, 0.1) is 0 Å². The van der Waals surface area contributed by atoms with E-state index in [0.717, 1.165) is 0 Å². The van der Waals surface area contributed by atoms with Gasteiger partial charge in [-0.3, -0.25) is 0 Å². The molecule has 0 unspecified atom stereocenters. The molecule has 1 N–H and O–H groups in total. The minimum absolute atomic E-state index is 0.204. The van der Waals surface area contributed by atoms with Crippen LogP contribution < -0.4 is 0 Å². The second-order valence-corrected chi connectivity index (χ2v) is 3.78. The summed E-state index contributed by atoms with van der Waals surface area (Å²) in [5.41, 5.74) is 0. The van der Waals surface area contributed by atoms with Gasteiger partial charge in [0.15, 0.2) is 5.79 Å². The van der Waals surface area contributed by atoms with Crippen molar-refractivity contribution < 1.29 is 14.6 Å². The van der Waals surface area contributed by atoms with Crippen molar-refractivity contribution in [2.24, 2.45) is 0 Å². The molecule has 1 aliphatic rings. The van der Waals surface area contributed by atoms with E-state index in [1.807, 2.05) is 20.8 Å². The van der Waals surface area contributed by atoms with Gasteiger partial charge in [-0.05, 0) is 20.3 Å². The summed E-state index contributed by atoms with van der Waals surface area (Å²) in [7, 11) is 0. The zero-order valence-electron chi connectivity index (χ0n) is 8.49. The zero-order valence-corrected chi connectivity index (χ0v) is 8.49. The summed E-state index contributed by atoms with van der Waals surface area (Å²) in [5.74, 6) is -0.611. The minimum atomic E-state index is -0.611. The lowest BCUT2D eigenvalue weighted by atomic mass is 10.1. The molecule has 3 heteroatoms. The fourth-order valence-electron chi connectivity index (χ4n) is 1.53.